The molecule has 0 bridgehead atoms. The molecule has 3 rings (SSSR count). The third kappa shape index (κ3) is 3.04. The van der Waals surface area contributed by atoms with Gasteiger partial charge in [-0.2, -0.15) is 0 Å². The Balaban J connectivity index is 1.56. The van der Waals surface area contributed by atoms with Crippen molar-refractivity contribution in [2.45, 2.75) is 44.6 Å². The molecule has 1 aliphatic heterocycles. The molecule has 0 atom stereocenters. The molecule has 2 aliphatic rings. The molecule has 0 radical (unpaired) electrons. The summed E-state index contributed by atoms with van der Waals surface area (Å²) in [5, 5.41) is 5.48. The molecule has 2 heterocycles. The molecule has 7 heteroatoms. The van der Waals surface area contributed by atoms with Crippen LogP contribution in [0.1, 0.15) is 37.7 Å². The van der Waals surface area contributed by atoms with Crippen LogP contribution in [0, 0.1) is 6.92 Å². The molecule has 1 saturated carbocycles. The largest absolute Gasteiger partial charge is 0.325 e. The minimum absolute atomic E-state index is 0.0604. The van der Waals surface area contributed by atoms with E-state index in [1.165, 1.54) is 0 Å². The first-order chi connectivity index (χ1) is 11.0. The summed E-state index contributed by atoms with van der Waals surface area (Å²) in [4.78, 5) is 41.7. The number of hydrogen-bond donors (Lipinski definition) is 2. The number of urea groups is 1. The summed E-state index contributed by atoms with van der Waals surface area (Å²) in [7, 11) is 0. The Bertz CT molecular complexity index is 652. The molecule has 1 saturated heterocycles. The Kier molecular flexibility index (Phi) is 4.02. The predicted molar refractivity (Wildman–Crippen MR) is 83.7 cm³/mol. The normalized spacial score (nSPS) is 19.3. The highest BCUT2D eigenvalue weighted by atomic mass is 16.2. The van der Waals surface area contributed by atoms with Crippen LogP contribution in [-0.2, 0) is 9.59 Å². The first kappa shape index (κ1) is 15.5. The van der Waals surface area contributed by atoms with Gasteiger partial charge in [0.25, 0.3) is 5.91 Å². The molecule has 23 heavy (non-hydrogen) atoms. The van der Waals surface area contributed by atoms with E-state index in [1.807, 2.05) is 13.0 Å². The van der Waals surface area contributed by atoms with Crippen molar-refractivity contribution in [1.82, 2.24) is 15.2 Å². The highest BCUT2D eigenvalue weighted by Crippen LogP contribution is 2.34. The molecular formula is C16H20N4O3. The van der Waals surface area contributed by atoms with Gasteiger partial charge in [-0.25, -0.2) is 9.78 Å². The van der Waals surface area contributed by atoms with Crippen LogP contribution in [0.3, 0.4) is 0 Å². The van der Waals surface area contributed by atoms with E-state index < -0.39 is 11.6 Å². The number of imide groups is 1. The van der Waals surface area contributed by atoms with E-state index in [4.69, 9.17) is 0 Å². The number of nitrogens with one attached hydrogen (secondary N) is 2. The van der Waals surface area contributed by atoms with Gasteiger partial charge < -0.3 is 10.6 Å². The number of hydrogen-bond acceptors (Lipinski definition) is 4. The van der Waals surface area contributed by atoms with Crippen molar-refractivity contribution in [3.05, 3.63) is 23.9 Å². The maximum Gasteiger partial charge on any atom is 0.325 e. The number of carbonyl (C=O) groups is 3. The van der Waals surface area contributed by atoms with Crippen LogP contribution >= 0.6 is 0 Å². The second-order valence-corrected chi connectivity index (χ2v) is 6.19. The second kappa shape index (κ2) is 5.98. The molecule has 1 aromatic heterocycles. The van der Waals surface area contributed by atoms with Crippen LogP contribution in [0.2, 0.25) is 0 Å². The van der Waals surface area contributed by atoms with Gasteiger partial charge in [-0.05, 0) is 37.5 Å². The first-order valence-corrected chi connectivity index (χ1v) is 7.87. The van der Waals surface area contributed by atoms with Crippen molar-refractivity contribution in [3.8, 4) is 0 Å². The van der Waals surface area contributed by atoms with E-state index in [2.05, 4.69) is 15.6 Å². The van der Waals surface area contributed by atoms with Crippen molar-refractivity contribution in [2.75, 3.05) is 11.9 Å². The molecular weight excluding hydrogens is 296 g/mol. The lowest BCUT2D eigenvalue weighted by molar-refractivity contribution is -0.131. The fourth-order valence-corrected chi connectivity index (χ4v) is 3.22. The predicted octanol–water partition coefficient (Wildman–Crippen LogP) is 1.58. The summed E-state index contributed by atoms with van der Waals surface area (Å²) in [5.41, 5.74) is 0.277. The zero-order chi connectivity index (χ0) is 16.4. The van der Waals surface area contributed by atoms with Gasteiger partial charge in [0.15, 0.2) is 0 Å². The van der Waals surface area contributed by atoms with Crippen molar-refractivity contribution in [2.24, 2.45) is 0 Å². The average molecular weight is 316 g/mol. The summed E-state index contributed by atoms with van der Waals surface area (Å²) in [6.07, 6.45) is 4.94. The summed E-state index contributed by atoms with van der Waals surface area (Å²) >= 11 is 0. The van der Waals surface area contributed by atoms with E-state index >= 15 is 0 Å². The van der Waals surface area contributed by atoms with Crippen LogP contribution in [0.5, 0.6) is 0 Å². The number of aryl methyl sites for hydroxylation is 1. The average Bonchev–Trinajstić information content (AvgIpc) is 3.04. The number of rotatable bonds is 4. The van der Waals surface area contributed by atoms with Gasteiger partial charge in [0, 0.05) is 19.2 Å². The quantitative estimate of drug-likeness (QED) is 0.825. The number of aromatic nitrogens is 1. The fraction of sp³-hybridized carbons (Fsp3) is 0.500. The topological polar surface area (TPSA) is 91.4 Å². The third-order valence-electron chi connectivity index (χ3n) is 4.45. The molecule has 1 aliphatic carbocycles. The number of pyridine rings is 1. The number of nitrogens with zero attached hydrogens (tertiary/aromatic N) is 2. The van der Waals surface area contributed by atoms with Crippen molar-refractivity contribution in [3.63, 3.8) is 0 Å². The number of carbonyl (C=O) groups excluding carboxylic acids is 3. The summed E-state index contributed by atoms with van der Waals surface area (Å²) in [6.45, 7) is 2.00. The Morgan fingerprint density at radius 1 is 1.39 bits per heavy atom. The van der Waals surface area contributed by atoms with Gasteiger partial charge in [-0.3, -0.25) is 14.5 Å². The van der Waals surface area contributed by atoms with Crippen molar-refractivity contribution < 1.29 is 14.4 Å². The van der Waals surface area contributed by atoms with Gasteiger partial charge >= 0.3 is 6.03 Å². The summed E-state index contributed by atoms with van der Waals surface area (Å²) in [5.74, 6) is 0.0111. The smallest absolute Gasteiger partial charge is 0.323 e. The molecule has 4 amide bonds. The van der Waals surface area contributed by atoms with Gasteiger partial charge in [0.1, 0.15) is 11.4 Å². The Labute approximate surface area is 134 Å². The Hall–Kier alpha value is -2.44. The number of amides is 4. The minimum atomic E-state index is -0.717. The molecule has 2 N–H and O–H groups in total. The molecule has 0 unspecified atom stereocenters. The fourth-order valence-electron chi connectivity index (χ4n) is 3.22. The maximum absolute atomic E-state index is 12.5. The molecule has 7 nitrogen and oxygen atoms in total. The molecule has 122 valence electrons. The standard InChI is InChI=1S/C16H20N4O3/c1-11-4-8-17-12(10-11)18-13(21)5-9-20-14(22)16(19-15(20)23)6-2-3-7-16/h4,8,10H,2-3,5-7,9H2,1H3,(H,19,23)(H,17,18,21). The maximum atomic E-state index is 12.5. The zero-order valence-corrected chi connectivity index (χ0v) is 13.1. The lowest BCUT2D eigenvalue weighted by Crippen LogP contribution is -2.44. The van der Waals surface area contributed by atoms with Gasteiger partial charge in [-0.15, -0.1) is 0 Å². The molecule has 0 aromatic carbocycles. The SMILES string of the molecule is Cc1ccnc(NC(=O)CCN2C(=O)NC3(CCCC3)C2=O)c1. The van der Waals surface area contributed by atoms with Crippen LogP contribution in [0.25, 0.3) is 0 Å². The van der Waals surface area contributed by atoms with Gasteiger partial charge in [-0.1, -0.05) is 12.8 Å². The van der Waals surface area contributed by atoms with Crippen LogP contribution in [0.15, 0.2) is 18.3 Å². The highest BCUT2D eigenvalue weighted by molar-refractivity contribution is 6.07. The molecule has 1 spiro atoms. The lowest BCUT2D eigenvalue weighted by Gasteiger charge is -2.19. The molecule has 2 fully saturated rings. The highest BCUT2D eigenvalue weighted by Gasteiger charge is 2.52. The van der Waals surface area contributed by atoms with Gasteiger partial charge in [0.2, 0.25) is 5.91 Å². The van der Waals surface area contributed by atoms with Crippen LogP contribution in [0.4, 0.5) is 10.6 Å². The van der Waals surface area contributed by atoms with E-state index in [-0.39, 0.29) is 24.8 Å². The summed E-state index contributed by atoms with van der Waals surface area (Å²) < 4.78 is 0. The van der Waals surface area contributed by atoms with E-state index in [1.54, 1.807) is 12.3 Å². The van der Waals surface area contributed by atoms with Crippen molar-refractivity contribution >= 4 is 23.7 Å². The minimum Gasteiger partial charge on any atom is -0.323 e. The number of anilines is 1. The van der Waals surface area contributed by atoms with Crippen molar-refractivity contribution in [1.29, 1.82) is 0 Å². The van der Waals surface area contributed by atoms with E-state index in [0.717, 1.165) is 23.3 Å². The van der Waals surface area contributed by atoms with E-state index in [9.17, 15) is 14.4 Å². The van der Waals surface area contributed by atoms with Gasteiger partial charge in [0.05, 0.1) is 0 Å². The monoisotopic (exact) mass is 316 g/mol. The first-order valence-electron chi connectivity index (χ1n) is 7.87. The second-order valence-electron chi connectivity index (χ2n) is 6.19. The van der Waals surface area contributed by atoms with Crippen LogP contribution in [-0.4, -0.2) is 39.8 Å². The van der Waals surface area contributed by atoms with Crippen LogP contribution < -0.4 is 10.6 Å². The Morgan fingerprint density at radius 3 is 2.83 bits per heavy atom. The van der Waals surface area contributed by atoms with E-state index in [0.29, 0.717) is 18.7 Å². The zero-order valence-electron chi connectivity index (χ0n) is 13.1. The summed E-state index contributed by atoms with van der Waals surface area (Å²) in [6, 6.07) is 3.21. The lowest BCUT2D eigenvalue weighted by atomic mass is 9.98. The molecule has 1 aromatic rings. The third-order valence-corrected chi connectivity index (χ3v) is 4.45. The Morgan fingerprint density at radius 2 is 2.13 bits per heavy atom.